The third-order valence-electron chi connectivity index (χ3n) is 5.84. The van der Waals surface area contributed by atoms with Gasteiger partial charge in [0.25, 0.3) is 5.91 Å². The molecule has 1 saturated heterocycles. The molecule has 1 unspecified atom stereocenters. The predicted octanol–water partition coefficient (Wildman–Crippen LogP) is 3.15. The summed E-state index contributed by atoms with van der Waals surface area (Å²) in [5.41, 5.74) is 1.35. The maximum absolute atomic E-state index is 13.4. The van der Waals surface area contributed by atoms with Gasteiger partial charge in [-0.3, -0.25) is 4.79 Å². The van der Waals surface area contributed by atoms with Crippen molar-refractivity contribution in [3.05, 3.63) is 81.7 Å². The second-order valence-electron chi connectivity index (χ2n) is 8.03. The average Bonchev–Trinajstić information content (AvgIpc) is 3.54. The van der Waals surface area contributed by atoms with Crippen LogP contribution in [-0.4, -0.2) is 47.8 Å². The molecule has 4 heterocycles. The lowest BCUT2D eigenvalue weighted by atomic mass is 9.96. The fourth-order valence-electron chi connectivity index (χ4n) is 4.24. The first-order chi connectivity index (χ1) is 15.5. The van der Waals surface area contributed by atoms with Crippen LogP contribution in [0.25, 0.3) is 10.8 Å². The minimum atomic E-state index is -0.177. The van der Waals surface area contributed by atoms with Gasteiger partial charge in [0.2, 0.25) is 0 Å². The largest absolute Gasteiger partial charge is 0.350 e. The third-order valence-corrected chi connectivity index (χ3v) is 7.00. The summed E-state index contributed by atoms with van der Waals surface area (Å²) in [5.74, 6) is 0.682. The van der Waals surface area contributed by atoms with E-state index in [2.05, 4.69) is 10.1 Å². The second-order valence-corrected chi connectivity index (χ2v) is 9.00. The number of amides is 1. The molecule has 1 aliphatic rings. The van der Waals surface area contributed by atoms with Crippen molar-refractivity contribution in [2.75, 3.05) is 13.1 Å². The molecule has 0 saturated carbocycles. The third kappa shape index (κ3) is 3.58. The summed E-state index contributed by atoms with van der Waals surface area (Å²) in [4.78, 5) is 33.3. The Morgan fingerprint density at radius 1 is 1.12 bits per heavy atom. The van der Waals surface area contributed by atoms with Gasteiger partial charge >= 0.3 is 5.69 Å². The van der Waals surface area contributed by atoms with Crippen LogP contribution in [0.4, 0.5) is 0 Å². The van der Waals surface area contributed by atoms with Crippen molar-refractivity contribution in [2.45, 2.75) is 25.7 Å². The average molecular weight is 449 g/mol. The van der Waals surface area contributed by atoms with Gasteiger partial charge in [-0.1, -0.05) is 29.5 Å². The summed E-state index contributed by atoms with van der Waals surface area (Å²) >= 11 is 1.41. The van der Waals surface area contributed by atoms with E-state index < -0.39 is 0 Å². The Kier molecular flexibility index (Phi) is 5.26. The minimum absolute atomic E-state index is 0.00681. The first kappa shape index (κ1) is 20.4. The van der Waals surface area contributed by atoms with E-state index in [4.69, 9.17) is 0 Å². The number of carbonyl (C=O) groups is 1. The molecule has 1 atom stereocenters. The maximum atomic E-state index is 13.4. The molecule has 1 aliphatic heterocycles. The van der Waals surface area contributed by atoms with Gasteiger partial charge in [-0.15, -0.1) is 0 Å². The van der Waals surface area contributed by atoms with E-state index >= 15 is 0 Å². The van der Waals surface area contributed by atoms with Crippen LogP contribution in [0.5, 0.6) is 0 Å². The van der Waals surface area contributed by atoms with Crippen LogP contribution in [0.3, 0.4) is 0 Å². The molecule has 0 spiro atoms. The number of hydrogen-bond acceptors (Lipinski definition) is 5. The molecule has 3 aromatic heterocycles. The highest BCUT2D eigenvalue weighted by Crippen LogP contribution is 2.30. The van der Waals surface area contributed by atoms with Gasteiger partial charge in [0.1, 0.15) is 10.7 Å². The Bertz CT molecular complexity index is 1300. The van der Waals surface area contributed by atoms with Crippen molar-refractivity contribution >= 4 is 17.2 Å². The number of benzene rings is 1. The van der Waals surface area contributed by atoms with Crippen LogP contribution in [0.15, 0.2) is 59.7 Å². The summed E-state index contributed by atoms with van der Waals surface area (Å²) < 4.78 is 4.96. The van der Waals surface area contributed by atoms with E-state index in [0.717, 1.165) is 29.4 Å². The zero-order chi connectivity index (χ0) is 22.2. The zero-order valence-corrected chi connectivity index (χ0v) is 18.8. The normalized spacial score (nSPS) is 16.4. The van der Waals surface area contributed by atoms with Gasteiger partial charge in [-0.25, -0.2) is 19.0 Å². The van der Waals surface area contributed by atoms with E-state index in [-0.39, 0.29) is 17.5 Å². The van der Waals surface area contributed by atoms with Crippen molar-refractivity contribution in [1.82, 2.24) is 28.8 Å². The highest BCUT2D eigenvalue weighted by atomic mass is 32.1. The monoisotopic (exact) mass is 448 g/mol. The van der Waals surface area contributed by atoms with Crippen LogP contribution in [0, 0.1) is 6.92 Å². The Balaban J connectivity index is 1.43. The quantitative estimate of drug-likeness (QED) is 0.481. The summed E-state index contributed by atoms with van der Waals surface area (Å²) in [6.45, 7) is 3.09. The van der Waals surface area contributed by atoms with Crippen molar-refractivity contribution in [3.63, 3.8) is 0 Å². The van der Waals surface area contributed by atoms with Crippen molar-refractivity contribution < 1.29 is 4.79 Å². The van der Waals surface area contributed by atoms with Gasteiger partial charge in [-0.2, -0.15) is 5.10 Å². The highest BCUT2D eigenvalue weighted by Gasteiger charge is 2.31. The number of piperidine rings is 1. The topological polar surface area (TPSA) is 78.0 Å². The van der Waals surface area contributed by atoms with Gasteiger partial charge < -0.3 is 9.47 Å². The summed E-state index contributed by atoms with van der Waals surface area (Å²) in [7, 11) is 1.67. The van der Waals surface area contributed by atoms with Crippen molar-refractivity contribution in [1.29, 1.82) is 0 Å². The van der Waals surface area contributed by atoms with E-state index in [1.165, 1.54) is 16.0 Å². The molecule has 9 heteroatoms. The highest BCUT2D eigenvalue weighted by molar-refractivity contribution is 7.16. The van der Waals surface area contributed by atoms with Gasteiger partial charge in [0, 0.05) is 38.4 Å². The Morgan fingerprint density at radius 2 is 1.88 bits per heavy atom. The summed E-state index contributed by atoms with van der Waals surface area (Å²) in [6.07, 6.45) is 5.59. The van der Waals surface area contributed by atoms with Crippen LogP contribution in [-0.2, 0) is 7.05 Å². The summed E-state index contributed by atoms with van der Waals surface area (Å²) in [5, 5.41) is 5.33. The molecule has 1 amide bonds. The number of nitrogens with zero attached hydrogens (tertiary/aromatic N) is 6. The molecule has 164 valence electrons. The Labute approximate surface area is 189 Å². The number of rotatable bonds is 4. The van der Waals surface area contributed by atoms with Gasteiger partial charge in [-0.05, 0) is 44.0 Å². The Morgan fingerprint density at radius 3 is 2.62 bits per heavy atom. The van der Waals surface area contributed by atoms with E-state index in [1.54, 1.807) is 11.6 Å². The first-order valence-corrected chi connectivity index (χ1v) is 11.5. The lowest BCUT2D eigenvalue weighted by Crippen LogP contribution is -2.40. The van der Waals surface area contributed by atoms with Crippen LogP contribution in [0.2, 0.25) is 0 Å². The van der Waals surface area contributed by atoms with E-state index in [0.29, 0.717) is 23.8 Å². The number of likely N-dealkylation sites (tertiary alicyclic amines) is 1. The van der Waals surface area contributed by atoms with E-state index in [9.17, 15) is 9.59 Å². The molecule has 1 aromatic carbocycles. The molecule has 0 N–H and O–H groups in total. The molecule has 8 nitrogen and oxygen atoms in total. The Hall–Kier alpha value is -3.46. The minimum Gasteiger partial charge on any atom is -0.337 e. The van der Waals surface area contributed by atoms with Crippen molar-refractivity contribution in [3.8, 4) is 10.8 Å². The number of thiazole rings is 1. The molecular weight excluding hydrogens is 424 g/mol. The van der Waals surface area contributed by atoms with Crippen molar-refractivity contribution in [2.24, 2.45) is 7.05 Å². The van der Waals surface area contributed by atoms with E-state index in [1.807, 2.05) is 71.2 Å². The lowest BCUT2D eigenvalue weighted by molar-refractivity contribution is 0.0707. The molecule has 0 aliphatic carbocycles. The number of aromatic nitrogens is 5. The number of para-hydroxylation sites is 1. The maximum Gasteiger partial charge on any atom is 0.350 e. The number of carbonyl (C=O) groups excluding carboxylic acids is 1. The first-order valence-electron chi connectivity index (χ1n) is 10.6. The van der Waals surface area contributed by atoms with Gasteiger partial charge in [0.15, 0.2) is 5.13 Å². The smallest absolute Gasteiger partial charge is 0.337 e. The van der Waals surface area contributed by atoms with Crippen LogP contribution >= 0.6 is 11.3 Å². The van der Waals surface area contributed by atoms with Gasteiger partial charge in [0.05, 0.1) is 11.4 Å². The molecule has 0 radical (unpaired) electrons. The van der Waals surface area contributed by atoms with Crippen LogP contribution < -0.4 is 5.69 Å². The van der Waals surface area contributed by atoms with Crippen LogP contribution in [0.1, 0.15) is 39.9 Å². The number of hydrogen-bond donors (Lipinski definition) is 0. The molecule has 0 bridgehead atoms. The fraction of sp³-hybridized carbons (Fsp3) is 0.304. The zero-order valence-electron chi connectivity index (χ0n) is 18.0. The molecular formula is C23H24N6O2S. The number of aryl methyl sites for hydroxylation is 2. The molecule has 5 rings (SSSR count). The molecule has 1 fully saturated rings. The predicted molar refractivity (Wildman–Crippen MR) is 123 cm³/mol. The summed E-state index contributed by atoms with van der Waals surface area (Å²) in [6, 6.07) is 13.4. The molecule has 32 heavy (non-hydrogen) atoms. The molecule has 4 aromatic rings. The standard InChI is InChI=1S/C23H24N6O2S/c1-16-19(32-22(24-16)27-12-6-7-13-27)21(30)28-14-8-9-17(15-28)20-25-26(2)23(31)29(20)18-10-4-3-5-11-18/h3-7,10-13,17H,8-9,14-15H2,1-2H3. The SMILES string of the molecule is Cc1nc(-n2cccc2)sc1C(=O)N1CCCC(c2nn(C)c(=O)n2-c2ccccc2)C1. The fourth-order valence-corrected chi connectivity index (χ4v) is 5.24. The lowest BCUT2D eigenvalue weighted by Gasteiger charge is -2.32. The second kappa shape index (κ2) is 8.23.